The predicted octanol–water partition coefficient (Wildman–Crippen LogP) is 1.89. The van der Waals surface area contributed by atoms with Crippen LogP contribution in [0.4, 0.5) is 0 Å². The SMILES string of the molecule is CC1(c2ccccc2)C[C@@]1(NS(=O)(=O)c1ccc(-n2cc(CO)cn2)s1)C(=O)O. The summed E-state index contributed by atoms with van der Waals surface area (Å²) in [5.41, 5.74) is -1.08. The number of aliphatic carboxylic acids is 1. The highest BCUT2D eigenvalue weighted by Gasteiger charge is 2.72. The predicted molar refractivity (Wildman–Crippen MR) is 106 cm³/mol. The standard InChI is InChI=1S/C19H19N3O5S2/c1-18(14-5-3-2-4-6-14)12-19(18,17(24)25)21-29(26,27)16-8-7-15(28-16)22-10-13(11-23)9-20-22/h2-10,21,23H,11-12H2,1H3,(H,24,25)/t18?,19-/m1/s1. The lowest BCUT2D eigenvalue weighted by atomic mass is 9.93. The fourth-order valence-corrected chi connectivity index (χ4v) is 6.25. The summed E-state index contributed by atoms with van der Waals surface area (Å²) in [6, 6.07) is 12.0. The molecule has 2 heterocycles. The summed E-state index contributed by atoms with van der Waals surface area (Å²) in [6.45, 7) is 1.58. The zero-order valence-electron chi connectivity index (χ0n) is 15.4. The first-order chi connectivity index (χ1) is 13.7. The quantitative estimate of drug-likeness (QED) is 0.523. The molecule has 152 valence electrons. The van der Waals surface area contributed by atoms with Gasteiger partial charge >= 0.3 is 5.97 Å². The second-order valence-electron chi connectivity index (χ2n) is 7.23. The van der Waals surface area contributed by atoms with Crippen LogP contribution in [-0.2, 0) is 26.8 Å². The van der Waals surface area contributed by atoms with Gasteiger partial charge in [0.25, 0.3) is 10.0 Å². The van der Waals surface area contributed by atoms with E-state index in [2.05, 4.69) is 9.82 Å². The molecule has 10 heteroatoms. The normalized spacial score (nSPS) is 23.8. The molecule has 29 heavy (non-hydrogen) atoms. The summed E-state index contributed by atoms with van der Waals surface area (Å²) < 4.78 is 29.9. The third-order valence-electron chi connectivity index (χ3n) is 5.40. The number of benzene rings is 1. The number of nitrogens with one attached hydrogen (secondary N) is 1. The van der Waals surface area contributed by atoms with Crippen molar-refractivity contribution in [1.29, 1.82) is 0 Å². The van der Waals surface area contributed by atoms with Gasteiger partial charge in [0.15, 0.2) is 0 Å². The van der Waals surface area contributed by atoms with Crippen LogP contribution in [0.15, 0.2) is 59.1 Å². The van der Waals surface area contributed by atoms with E-state index in [-0.39, 0.29) is 17.2 Å². The molecule has 0 aliphatic heterocycles. The minimum atomic E-state index is -4.07. The van der Waals surface area contributed by atoms with Crippen LogP contribution < -0.4 is 4.72 Å². The van der Waals surface area contributed by atoms with Crippen molar-refractivity contribution in [1.82, 2.24) is 14.5 Å². The van der Waals surface area contributed by atoms with Gasteiger partial charge in [-0.05, 0) is 24.1 Å². The van der Waals surface area contributed by atoms with E-state index in [1.54, 1.807) is 43.5 Å². The van der Waals surface area contributed by atoms with Crippen LogP contribution in [0.1, 0.15) is 24.5 Å². The smallest absolute Gasteiger partial charge is 0.325 e. The van der Waals surface area contributed by atoms with Crippen LogP contribution in [-0.4, -0.2) is 39.9 Å². The fourth-order valence-electron chi connectivity index (χ4n) is 3.56. The second kappa shape index (κ2) is 6.77. The van der Waals surface area contributed by atoms with Gasteiger partial charge in [-0.25, -0.2) is 13.1 Å². The molecule has 1 aliphatic rings. The summed E-state index contributed by atoms with van der Waals surface area (Å²) in [5.74, 6) is -1.20. The number of aliphatic hydroxyl groups is 1. The van der Waals surface area contributed by atoms with Crippen molar-refractivity contribution in [3.8, 4) is 5.00 Å². The zero-order chi connectivity index (χ0) is 20.9. The van der Waals surface area contributed by atoms with Gasteiger partial charge in [0.05, 0.1) is 12.8 Å². The Hall–Kier alpha value is -2.53. The third-order valence-corrected chi connectivity index (χ3v) is 8.46. The minimum absolute atomic E-state index is 0.00325. The zero-order valence-corrected chi connectivity index (χ0v) is 17.1. The highest BCUT2D eigenvalue weighted by Crippen LogP contribution is 2.58. The molecule has 8 nitrogen and oxygen atoms in total. The average Bonchev–Trinajstić information content (AvgIpc) is 3.11. The van der Waals surface area contributed by atoms with Crippen molar-refractivity contribution in [2.75, 3.05) is 0 Å². The Morgan fingerprint density at radius 2 is 2.00 bits per heavy atom. The van der Waals surface area contributed by atoms with Gasteiger partial charge < -0.3 is 10.2 Å². The second-order valence-corrected chi connectivity index (χ2v) is 10.2. The molecule has 1 aliphatic carbocycles. The minimum Gasteiger partial charge on any atom is -0.480 e. The Balaban J connectivity index is 1.64. The monoisotopic (exact) mass is 433 g/mol. The Morgan fingerprint density at radius 3 is 2.62 bits per heavy atom. The summed E-state index contributed by atoms with van der Waals surface area (Å²) in [5, 5.41) is 23.6. The van der Waals surface area contributed by atoms with Gasteiger partial charge in [-0.1, -0.05) is 37.3 Å². The molecule has 3 N–H and O–H groups in total. The van der Waals surface area contributed by atoms with E-state index in [1.165, 1.54) is 16.9 Å². The number of aliphatic hydroxyl groups excluding tert-OH is 1. The summed E-state index contributed by atoms with van der Waals surface area (Å²) >= 11 is 0.968. The van der Waals surface area contributed by atoms with Gasteiger partial charge in [0.1, 0.15) is 14.7 Å². The molecule has 1 unspecified atom stereocenters. The summed E-state index contributed by atoms with van der Waals surface area (Å²) in [4.78, 5) is 12.1. The van der Waals surface area contributed by atoms with E-state index in [0.29, 0.717) is 10.6 Å². The number of carbonyl (C=O) groups is 1. The first kappa shape index (κ1) is 19.8. The molecule has 1 fully saturated rings. The number of nitrogens with zero attached hydrogens (tertiary/aromatic N) is 2. The largest absolute Gasteiger partial charge is 0.480 e. The molecule has 1 saturated carbocycles. The van der Waals surface area contributed by atoms with Gasteiger partial charge in [-0.2, -0.15) is 9.82 Å². The maximum atomic E-state index is 13.0. The Bertz CT molecular complexity index is 1170. The molecule has 0 amide bonds. The van der Waals surface area contributed by atoms with Crippen LogP contribution in [0.25, 0.3) is 5.00 Å². The van der Waals surface area contributed by atoms with E-state index < -0.39 is 26.9 Å². The molecule has 0 saturated heterocycles. The lowest BCUT2D eigenvalue weighted by Crippen LogP contribution is -2.47. The number of carboxylic acids is 1. The van der Waals surface area contributed by atoms with Crippen molar-refractivity contribution in [3.05, 3.63) is 66.0 Å². The van der Waals surface area contributed by atoms with Crippen molar-refractivity contribution in [2.45, 2.75) is 35.1 Å². The fraction of sp³-hybridized carbons (Fsp3) is 0.263. The van der Waals surface area contributed by atoms with Crippen LogP contribution in [0.5, 0.6) is 0 Å². The molecule has 3 aromatic rings. The first-order valence-corrected chi connectivity index (χ1v) is 11.1. The lowest BCUT2D eigenvalue weighted by molar-refractivity contribution is -0.140. The van der Waals surface area contributed by atoms with Crippen molar-refractivity contribution in [3.63, 3.8) is 0 Å². The molecule has 0 bridgehead atoms. The molecule has 0 spiro atoms. The first-order valence-electron chi connectivity index (χ1n) is 8.79. The molecule has 0 radical (unpaired) electrons. The molecular formula is C19H19N3O5S2. The van der Waals surface area contributed by atoms with Crippen LogP contribution in [0.2, 0.25) is 0 Å². The number of hydrogen-bond acceptors (Lipinski definition) is 6. The van der Waals surface area contributed by atoms with Gasteiger partial charge in [-0.3, -0.25) is 4.79 Å². The third kappa shape index (κ3) is 3.18. The maximum Gasteiger partial charge on any atom is 0.325 e. The number of thiophene rings is 1. The van der Waals surface area contributed by atoms with Gasteiger partial charge in [-0.15, -0.1) is 11.3 Å². The number of aromatic nitrogens is 2. The average molecular weight is 434 g/mol. The Kier molecular flexibility index (Phi) is 4.61. The lowest BCUT2D eigenvalue weighted by Gasteiger charge is -2.20. The van der Waals surface area contributed by atoms with E-state index >= 15 is 0 Å². The summed E-state index contributed by atoms with van der Waals surface area (Å²) in [6.07, 6.45) is 3.25. The molecule has 2 aromatic heterocycles. The highest BCUT2D eigenvalue weighted by atomic mass is 32.2. The van der Waals surface area contributed by atoms with E-state index in [0.717, 1.165) is 16.9 Å². The van der Waals surface area contributed by atoms with Gasteiger partial charge in [0, 0.05) is 17.2 Å². The molecule has 1 aromatic carbocycles. The number of rotatable bonds is 7. The Morgan fingerprint density at radius 1 is 1.28 bits per heavy atom. The van der Waals surface area contributed by atoms with Gasteiger partial charge in [0.2, 0.25) is 0 Å². The van der Waals surface area contributed by atoms with Crippen molar-refractivity contribution < 1.29 is 23.4 Å². The Labute approximate surface area is 171 Å². The summed E-state index contributed by atoms with van der Waals surface area (Å²) in [7, 11) is -4.07. The van der Waals surface area contributed by atoms with Crippen LogP contribution >= 0.6 is 11.3 Å². The van der Waals surface area contributed by atoms with E-state index in [4.69, 9.17) is 5.11 Å². The highest BCUT2D eigenvalue weighted by molar-refractivity contribution is 7.91. The molecule has 4 rings (SSSR count). The van der Waals surface area contributed by atoms with Crippen molar-refractivity contribution in [2.24, 2.45) is 0 Å². The van der Waals surface area contributed by atoms with Crippen molar-refractivity contribution >= 4 is 27.3 Å². The molecule has 2 atom stereocenters. The van der Waals surface area contributed by atoms with E-state index in [9.17, 15) is 18.3 Å². The van der Waals surface area contributed by atoms with Crippen LogP contribution in [0.3, 0.4) is 0 Å². The number of hydrogen-bond donors (Lipinski definition) is 3. The topological polar surface area (TPSA) is 122 Å². The number of carboxylic acid groups (broad SMARTS) is 1. The number of sulfonamides is 1. The molecular weight excluding hydrogens is 414 g/mol. The maximum absolute atomic E-state index is 13.0. The van der Waals surface area contributed by atoms with Crippen LogP contribution in [0, 0.1) is 0 Å². The van der Waals surface area contributed by atoms with E-state index in [1.807, 2.05) is 6.07 Å².